The number of nitrogens with zero attached hydrogens (tertiary/aromatic N) is 2. The number of nitrogens with one attached hydrogen (secondary N) is 2. The van der Waals surface area contributed by atoms with Crippen molar-refractivity contribution in [3.8, 4) is 0 Å². The summed E-state index contributed by atoms with van der Waals surface area (Å²) in [5.74, 6) is -0.552. The van der Waals surface area contributed by atoms with Gasteiger partial charge in [0.15, 0.2) is 5.69 Å². The highest BCUT2D eigenvalue weighted by Crippen LogP contribution is 2.23. The molecular weight excluding hydrogens is 316 g/mol. The Hall–Kier alpha value is -2.86. The van der Waals surface area contributed by atoms with Crippen LogP contribution in [0.25, 0.3) is 5.52 Å². The third-order valence-corrected chi connectivity index (χ3v) is 3.53. The molecule has 0 atom stereocenters. The van der Waals surface area contributed by atoms with Crippen molar-refractivity contribution in [2.24, 2.45) is 0 Å². The SMILES string of the molecule is CC(=O)Nc1ccc(NC(=O)c2nn3ccccc3c2Cl)cc1. The molecule has 2 N–H and O–H groups in total. The number of rotatable bonds is 3. The van der Waals surface area contributed by atoms with E-state index in [1.54, 1.807) is 47.1 Å². The molecule has 3 aromatic rings. The van der Waals surface area contributed by atoms with Crippen LogP contribution in [0.3, 0.4) is 0 Å². The second-order valence-corrected chi connectivity index (χ2v) is 5.28. The summed E-state index contributed by atoms with van der Waals surface area (Å²) in [5, 5.41) is 9.87. The fourth-order valence-corrected chi connectivity index (χ4v) is 2.42. The van der Waals surface area contributed by atoms with E-state index in [1.807, 2.05) is 6.07 Å². The minimum Gasteiger partial charge on any atom is -0.326 e. The van der Waals surface area contributed by atoms with Gasteiger partial charge in [0.2, 0.25) is 5.91 Å². The predicted octanol–water partition coefficient (Wildman–Crippen LogP) is 3.20. The Morgan fingerprint density at radius 1 is 1.04 bits per heavy atom. The molecule has 0 unspecified atom stereocenters. The Kier molecular flexibility index (Phi) is 3.99. The summed E-state index contributed by atoms with van der Waals surface area (Å²) in [6, 6.07) is 12.2. The van der Waals surface area contributed by atoms with Gasteiger partial charge in [-0.2, -0.15) is 5.10 Å². The Balaban J connectivity index is 1.80. The second kappa shape index (κ2) is 6.10. The van der Waals surface area contributed by atoms with Crippen LogP contribution in [0.2, 0.25) is 5.02 Å². The van der Waals surface area contributed by atoms with Crippen molar-refractivity contribution >= 4 is 40.3 Å². The van der Waals surface area contributed by atoms with E-state index in [0.717, 1.165) is 0 Å². The van der Waals surface area contributed by atoms with Crippen molar-refractivity contribution < 1.29 is 9.59 Å². The minimum absolute atomic E-state index is 0.154. The van der Waals surface area contributed by atoms with Gasteiger partial charge in [-0.15, -0.1) is 0 Å². The van der Waals surface area contributed by atoms with Crippen LogP contribution in [0.15, 0.2) is 48.7 Å². The fraction of sp³-hybridized carbons (Fsp3) is 0.0625. The topological polar surface area (TPSA) is 75.5 Å². The molecule has 2 amide bonds. The molecule has 0 saturated carbocycles. The molecule has 0 radical (unpaired) electrons. The van der Waals surface area contributed by atoms with Crippen molar-refractivity contribution in [3.63, 3.8) is 0 Å². The van der Waals surface area contributed by atoms with Crippen LogP contribution in [0.4, 0.5) is 11.4 Å². The lowest BCUT2D eigenvalue weighted by Gasteiger charge is -2.05. The van der Waals surface area contributed by atoms with Crippen LogP contribution < -0.4 is 10.6 Å². The van der Waals surface area contributed by atoms with E-state index in [1.165, 1.54) is 6.92 Å². The van der Waals surface area contributed by atoms with Gasteiger partial charge in [-0.05, 0) is 36.4 Å². The lowest BCUT2D eigenvalue weighted by molar-refractivity contribution is -0.114. The van der Waals surface area contributed by atoms with E-state index in [9.17, 15) is 9.59 Å². The normalized spacial score (nSPS) is 10.5. The highest BCUT2D eigenvalue weighted by atomic mass is 35.5. The highest BCUT2D eigenvalue weighted by Gasteiger charge is 2.17. The number of pyridine rings is 1. The van der Waals surface area contributed by atoms with E-state index in [2.05, 4.69) is 15.7 Å². The van der Waals surface area contributed by atoms with E-state index >= 15 is 0 Å². The lowest BCUT2D eigenvalue weighted by Crippen LogP contribution is -2.13. The molecule has 0 bridgehead atoms. The van der Waals surface area contributed by atoms with Crippen molar-refractivity contribution in [1.82, 2.24) is 9.61 Å². The molecule has 116 valence electrons. The molecule has 6 nitrogen and oxygen atoms in total. The second-order valence-electron chi connectivity index (χ2n) is 4.91. The number of anilines is 2. The maximum Gasteiger partial charge on any atom is 0.277 e. The van der Waals surface area contributed by atoms with E-state index in [4.69, 9.17) is 11.6 Å². The van der Waals surface area contributed by atoms with Crippen molar-refractivity contribution in [2.75, 3.05) is 10.6 Å². The van der Waals surface area contributed by atoms with Crippen LogP contribution >= 0.6 is 11.6 Å². The van der Waals surface area contributed by atoms with Crippen molar-refractivity contribution in [3.05, 3.63) is 59.4 Å². The summed E-state index contributed by atoms with van der Waals surface area (Å²) in [5.41, 5.74) is 2.06. The van der Waals surface area contributed by atoms with Gasteiger partial charge in [0.25, 0.3) is 5.91 Å². The summed E-state index contributed by atoms with van der Waals surface area (Å²) in [7, 11) is 0. The number of hydrogen-bond acceptors (Lipinski definition) is 3. The number of amides is 2. The van der Waals surface area contributed by atoms with Gasteiger partial charge in [0.05, 0.1) is 10.5 Å². The zero-order valence-corrected chi connectivity index (χ0v) is 13.0. The molecule has 0 aliphatic rings. The highest BCUT2D eigenvalue weighted by molar-refractivity contribution is 6.37. The van der Waals surface area contributed by atoms with Crippen molar-refractivity contribution in [2.45, 2.75) is 6.92 Å². The standard InChI is InChI=1S/C16H13ClN4O2/c1-10(22)18-11-5-7-12(8-6-11)19-16(23)15-14(17)13-4-2-3-9-21(13)20-15/h2-9H,1H3,(H,18,22)(H,19,23). The molecule has 3 rings (SSSR count). The van der Waals surface area contributed by atoms with Gasteiger partial charge in [-0.25, -0.2) is 4.52 Å². The smallest absolute Gasteiger partial charge is 0.277 e. The summed E-state index contributed by atoms with van der Waals surface area (Å²) in [6.45, 7) is 1.43. The van der Waals surface area contributed by atoms with Gasteiger partial charge in [-0.3, -0.25) is 9.59 Å². The third kappa shape index (κ3) is 3.17. The van der Waals surface area contributed by atoms with Gasteiger partial charge in [0.1, 0.15) is 0 Å². The average Bonchev–Trinajstić information content (AvgIpc) is 2.86. The molecule has 0 aliphatic heterocycles. The average molecular weight is 329 g/mol. The van der Waals surface area contributed by atoms with Gasteiger partial charge >= 0.3 is 0 Å². The van der Waals surface area contributed by atoms with E-state index in [-0.39, 0.29) is 11.6 Å². The molecule has 0 saturated heterocycles. The summed E-state index contributed by atoms with van der Waals surface area (Å²) in [4.78, 5) is 23.3. The third-order valence-electron chi connectivity index (χ3n) is 3.16. The molecule has 0 fully saturated rings. The first-order valence-corrected chi connectivity index (χ1v) is 7.24. The number of aromatic nitrogens is 2. The molecule has 1 aromatic carbocycles. The first kappa shape index (κ1) is 15.1. The number of carbonyl (C=O) groups is 2. The summed E-state index contributed by atoms with van der Waals surface area (Å²) in [6.07, 6.45) is 1.72. The predicted molar refractivity (Wildman–Crippen MR) is 88.9 cm³/mol. The maximum atomic E-state index is 12.3. The van der Waals surface area contributed by atoms with Crippen LogP contribution in [0.1, 0.15) is 17.4 Å². The molecule has 2 aromatic heterocycles. The van der Waals surface area contributed by atoms with E-state index < -0.39 is 5.91 Å². The number of benzene rings is 1. The molecule has 2 heterocycles. The first-order valence-electron chi connectivity index (χ1n) is 6.86. The van der Waals surface area contributed by atoms with Crippen molar-refractivity contribution in [1.29, 1.82) is 0 Å². The van der Waals surface area contributed by atoms with E-state index in [0.29, 0.717) is 21.9 Å². The Morgan fingerprint density at radius 3 is 2.30 bits per heavy atom. The summed E-state index contributed by atoms with van der Waals surface area (Å²) < 4.78 is 1.55. The number of carbonyl (C=O) groups excluding carboxylic acids is 2. The van der Waals surface area contributed by atoms with Gasteiger partial charge in [0, 0.05) is 24.5 Å². The molecular formula is C16H13ClN4O2. The zero-order valence-electron chi connectivity index (χ0n) is 12.2. The van der Waals surface area contributed by atoms with Gasteiger partial charge < -0.3 is 10.6 Å². The number of halogens is 1. The maximum absolute atomic E-state index is 12.3. The van der Waals surface area contributed by atoms with Crippen LogP contribution in [-0.2, 0) is 4.79 Å². The zero-order chi connectivity index (χ0) is 16.4. The quantitative estimate of drug-likeness (QED) is 0.775. The minimum atomic E-state index is -0.397. The molecule has 0 spiro atoms. The lowest BCUT2D eigenvalue weighted by atomic mass is 10.2. The Bertz CT molecular complexity index is 887. The Morgan fingerprint density at radius 2 is 1.70 bits per heavy atom. The monoisotopic (exact) mass is 328 g/mol. The van der Waals surface area contributed by atoms with Crippen LogP contribution in [-0.4, -0.2) is 21.4 Å². The van der Waals surface area contributed by atoms with Crippen LogP contribution in [0.5, 0.6) is 0 Å². The van der Waals surface area contributed by atoms with Gasteiger partial charge in [-0.1, -0.05) is 17.7 Å². The number of hydrogen-bond donors (Lipinski definition) is 2. The molecule has 7 heteroatoms. The fourth-order valence-electron chi connectivity index (χ4n) is 2.14. The summed E-state index contributed by atoms with van der Waals surface area (Å²) >= 11 is 6.21. The Labute approximate surface area is 137 Å². The number of fused-ring (bicyclic) bond motifs is 1. The first-order chi connectivity index (χ1) is 11.0. The molecule has 0 aliphatic carbocycles. The van der Waals surface area contributed by atoms with Crippen LogP contribution in [0, 0.1) is 0 Å². The molecule has 23 heavy (non-hydrogen) atoms. The largest absolute Gasteiger partial charge is 0.326 e.